The van der Waals surface area contributed by atoms with E-state index in [1.54, 1.807) is 0 Å². The summed E-state index contributed by atoms with van der Waals surface area (Å²) >= 11 is 0. The van der Waals surface area contributed by atoms with Gasteiger partial charge in [0.25, 0.3) is 0 Å². The van der Waals surface area contributed by atoms with Crippen LogP contribution in [0.2, 0.25) is 0 Å². The molecule has 0 aliphatic heterocycles. The van der Waals surface area contributed by atoms with Crippen molar-refractivity contribution in [3.63, 3.8) is 0 Å². The summed E-state index contributed by atoms with van der Waals surface area (Å²) in [6.07, 6.45) is 0. The fraction of sp³-hybridized carbons (Fsp3) is 0.182. The molecule has 2 heteroatoms. The molecular formula is C11H9O2-. The second-order valence-corrected chi connectivity index (χ2v) is 3.21. The normalized spacial score (nSPS) is 20.2. The van der Waals surface area contributed by atoms with Gasteiger partial charge in [0.1, 0.15) is 0 Å². The molecule has 0 radical (unpaired) electrons. The highest BCUT2D eigenvalue weighted by molar-refractivity contribution is 6.02. The number of carbonyl (C=O) groups is 1. The van der Waals surface area contributed by atoms with Crippen molar-refractivity contribution in [1.29, 1.82) is 0 Å². The molecule has 0 amide bonds. The van der Waals surface area contributed by atoms with Gasteiger partial charge in [-0.3, -0.25) is 0 Å². The van der Waals surface area contributed by atoms with Gasteiger partial charge >= 0.3 is 0 Å². The first-order valence-electron chi connectivity index (χ1n) is 4.18. The molecule has 0 bridgehead atoms. The third kappa shape index (κ3) is 1.24. The number of hydrogen-bond acceptors (Lipinski definition) is 2. The van der Waals surface area contributed by atoms with Crippen LogP contribution in [0.3, 0.4) is 0 Å². The first-order chi connectivity index (χ1) is 6.22. The van der Waals surface area contributed by atoms with E-state index in [4.69, 9.17) is 0 Å². The molecule has 0 spiro atoms. The number of aliphatic carboxylic acids is 1. The summed E-state index contributed by atoms with van der Waals surface area (Å²) in [5.74, 6) is -1.43. The molecule has 0 heterocycles. The van der Waals surface area contributed by atoms with Gasteiger partial charge in [-0.25, -0.2) is 0 Å². The van der Waals surface area contributed by atoms with Gasteiger partial charge < -0.3 is 9.90 Å². The van der Waals surface area contributed by atoms with Gasteiger partial charge in [-0.15, -0.1) is 0 Å². The third-order valence-corrected chi connectivity index (χ3v) is 2.38. The summed E-state index contributed by atoms with van der Waals surface area (Å²) in [4.78, 5) is 10.6. The minimum Gasteiger partial charge on any atom is -0.549 e. The van der Waals surface area contributed by atoms with Gasteiger partial charge in [0.05, 0.1) is 5.97 Å². The van der Waals surface area contributed by atoms with E-state index >= 15 is 0 Å². The van der Waals surface area contributed by atoms with Crippen molar-refractivity contribution in [2.75, 3.05) is 0 Å². The SMILES string of the molecule is CC1=C(c2ccccc2)C1C(=O)[O-]. The molecule has 1 aromatic carbocycles. The van der Waals surface area contributed by atoms with Gasteiger partial charge in [0.2, 0.25) is 0 Å². The quantitative estimate of drug-likeness (QED) is 0.664. The van der Waals surface area contributed by atoms with E-state index in [0.717, 1.165) is 16.7 Å². The van der Waals surface area contributed by atoms with Crippen LogP contribution in [0.4, 0.5) is 0 Å². The minimum atomic E-state index is -0.989. The zero-order chi connectivity index (χ0) is 9.42. The highest BCUT2D eigenvalue weighted by Crippen LogP contribution is 2.45. The van der Waals surface area contributed by atoms with E-state index in [1.807, 2.05) is 37.3 Å². The lowest BCUT2D eigenvalue weighted by atomic mass is 10.1. The smallest absolute Gasteiger partial charge is 0.0530 e. The van der Waals surface area contributed by atoms with Crippen LogP contribution >= 0.6 is 0 Å². The van der Waals surface area contributed by atoms with Crippen LogP contribution in [0.5, 0.6) is 0 Å². The molecule has 66 valence electrons. The summed E-state index contributed by atoms with van der Waals surface area (Å²) in [5.41, 5.74) is 2.83. The summed E-state index contributed by atoms with van der Waals surface area (Å²) in [7, 11) is 0. The van der Waals surface area contributed by atoms with Crippen molar-refractivity contribution in [1.82, 2.24) is 0 Å². The molecule has 13 heavy (non-hydrogen) atoms. The van der Waals surface area contributed by atoms with Gasteiger partial charge in [0, 0.05) is 5.92 Å². The van der Waals surface area contributed by atoms with Crippen LogP contribution < -0.4 is 5.11 Å². The van der Waals surface area contributed by atoms with E-state index in [2.05, 4.69) is 0 Å². The fourth-order valence-electron chi connectivity index (χ4n) is 1.64. The van der Waals surface area contributed by atoms with Gasteiger partial charge in [-0.05, 0) is 18.1 Å². The van der Waals surface area contributed by atoms with Crippen molar-refractivity contribution in [2.45, 2.75) is 6.92 Å². The average molecular weight is 173 g/mol. The summed E-state index contributed by atoms with van der Waals surface area (Å²) in [6.45, 7) is 1.84. The Morgan fingerprint density at radius 3 is 2.38 bits per heavy atom. The topological polar surface area (TPSA) is 40.1 Å². The number of carboxylic acids is 1. The Morgan fingerprint density at radius 2 is 1.92 bits per heavy atom. The van der Waals surface area contributed by atoms with Crippen LogP contribution in [-0.4, -0.2) is 5.97 Å². The van der Waals surface area contributed by atoms with E-state index in [-0.39, 0.29) is 0 Å². The Kier molecular flexibility index (Phi) is 1.69. The average Bonchev–Trinajstić information content (AvgIpc) is 2.79. The maximum Gasteiger partial charge on any atom is 0.0530 e. The highest BCUT2D eigenvalue weighted by atomic mass is 16.4. The van der Waals surface area contributed by atoms with Gasteiger partial charge in [0.15, 0.2) is 0 Å². The van der Waals surface area contributed by atoms with Gasteiger partial charge in [-0.2, -0.15) is 0 Å². The third-order valence-electron chi connectivity index (χ3n) is 2.38. The Hall–Kier alpha value is -1.57. The van der Waals surface area contributed by atoms with Crippen molar-refractivity contribution >= 4 is 11.5 Å². The Labute approximate surface area is 76.5 Å². The number of hydrogen-bond donors (Lipinski definition) is 0. The zero-order valence-corrected chi connectivity index (χ0v) is 7.28. The molecule has 1 aliphatic rings. The van der Waals surface area contributed by atoms with Crippen LogP contribution in [-0.2, 0) is 4.79 Å². The monoisotopic (exact) mass is 173 g/mol. The fourth-order valence-corrected chi connectivity index (χ4v) is 1.64. The Morgan fingerprint density at radius 1 is 1.31 bits per heavy atom. The number of carbonyl (C=O) groups excluding carboxylic acids is 1. The van der Waals surface area contributed by atoms with Crippen molar-refractivity contribution in [3.05, 3.63) is 41.5 Å². The van der Waals surface area contributed by atoms with Gasteiger partial charge in [-0.1, -0.05) is 35.9 Å². The van der Waals surface area contributed by atoms with Crippen LogP contribution in [0.25, 0.3) is 5.57 Å². The number of rotatable bonds is 2. The second kappa shape index (κ2) is 2.73. The first kappa shape index (κ1) is 8.05. The molecule has 0 N–H and O–H groups in total. The second-order valence-electron chi connectivity index (χ2n) is 3.21. The van der Waals surface area contributed by atoms with E-state index in [0.29, 0.717) is 0 Å². The molecule has 1 atom stereocenters. The van der Waals surface area contributed by atoms with Crippen molar-refractivity contribution < 1.29 is 9.90 Å². The Balaban J connectivity index is 2.27. The standard InChI is InChI=1S/C11H10O2/c1-7-9(10(7)11(12)13)8-5-3-2-4-6-8/h2-6,10H,1H3,(H,12,13)/p-1. The molecule has 0 aromatic heterocycles. The lowest BCUT2D eigenvalue weighted by molar-refractivity contribution is -0.306. The predicted octanol–water partition coefficient (Wildman–Crippen LogP) is 0.840. The van der Waals surface area contributed by atoms with E-state index in [9.17, 15) is 9.90 Å². The molecule has 1 unspecified atom stereocenters. The van der Waals surface area contributed by atoms with Crippen LogP contribution in [0, 0.1) is 5.92 Å². The van der Waals surface area contributed by atoms with E-state index < -0.39 is 11.9 Å². The summed E-state index contributed by atoms with van der Waals surface area (Å²) < 4.78 is 0. The zero-order valence-electron chi connectivity index (χ0n) is 7.28. The molecule has 1 aromatic rings. The maximum atomic E-state index is 10.6. The maximum absolute atomic E-state index is 10.6. The van der Waals surface area contributed by atoms with Crippen LogP contribution in [0.15, 0.2) is 35.9 Å². The number of benzene rings is 1. The lowest BCUT2D eigenvalue weighted by Crippen LogP contribution is -2.25. The highest BCUT2D eigenvalue weighted by Gasteiger charge is 2.34. The van der Waals surface area contributed by atoms with Crippen molar-refractivity contribution in [2.24, 2.45) is 5.92 Å². The molecule has 0 saturated heterocycles. The Bertz CT molecular complexity index is 376. The van der Waals surface area contributed by atoms with E-state index in [1.165, 1.54) is 0 Å². The number of carboxylic acid groups (broad SMARTS) is 1. The largest absolute Gasteiger partial charge is 0.549 e. The molecule has 0 fully saturated rings. The molecular weight excluding hydrogens is 164 g/mol. The molecule has 0 saturated carbocycles. The molecule has 1 aliphatic carbocycles. The molecule has 2 nitrogen and oxygen atoms in total. The lowest BCUT2D eigenvalue weighted by Gasteiger charge is -2.00. The summed E-state index contributed by atoms with van der Waals surface area (Å²) in [6, 6.07) is 9.56. The summed E-state index contributed by atoms with van der Waals surface area (Å²) in [5, 5.41) is 10.6. The van der Waals surface area contributed by atoms with Crippen molar-refractivity contribution in [3.8, 4) is 0 Å². The van der Waals surface area contributed by atoms with Crippen LogP contribution in [0.1, 0.15) is 12.5 Å². The molecule has 2 rings (SSSR count). The first-order valence-corrected chi connectivity index (χ1v) is 4.18. The minimum absolute atomic E-state index is 0.442. The predicted molar refractivity (Wildman–Crippen MR) is 47.5 cm³/mol.